The third kappa shape index (κ3) is 3.09. The number of benzene rings is 1. The average molecular weight is 353 g/mol. The molecule has 0 radical (unpaired) electrons. The van der Waals surface area contributed by atoms with Gasteiger partial charge >= 0.3 is 5.97 Å². The highest BCUT2D eigenvalue weighted by atomic mass is 32.1. The van der Waals surface area contributed by atoms with E-state index in [-0.39, 0.29) is 0 Å². The van der Waals surface area contributed by atoms with E-state index in [1.165, 1.54) is 0 Å². The van der Waals surface area contributed by atoms with Gasteiger partial charge in [0.2, 0.25) is 0 Å². The molecule has 1 aromatic carbocycles. The van der Waals surface area contributed by atoms with Gasteiger partial charge in [0.1, 0.15) is 22.5 Å². The van der Waals surface area contributed by atoms with E-state index in [0.29, 0.717) is 12.8 Å². The van der Waals surface area contributed by atoms with E-state index in [2.05, 4.69) is 18.2 Å². The Morgan fingerprint density at radius 1 is 1.32 bits per heavy atom. The minimum atomic E-state index is -0.777. The molecule has 3 heterocycles. The van der Waals surface area contributed by atoms with Crippen molar-refractivity contribution in [2.75, 3.05) is 11.4 Å². The first-order valence-electron chi connectivity index (χ1n) is 8.42. The number of carboxylic acid groups (broad SMARTS) is 1. The van der Waals surface area contributed by atoms with Crippen LogP contribution >= 0.6 is 11.3 Å². The summed E-state index contributed by atoms with van der Waals surface area (Å²) in [5, 5.41) is 10.5. The molecule has 1 aliphatic heterocycles. The summed E-state index contributed by atoms with van der Waals surface area (Å²) in [6.07, 6.45) is 2.18. The average Bonchev–Trinajstić information content (AvgIpc) is 3.21. The smallest absolute Gasteiger partial charge is 0.326 e. The second-order valence-corrected chi connectivity index (χ2v) is 7.63. The van der Waals surface area contributed by atoms with Crippen LogP contribution in [-0.4, -0.2) is 33.6 Å². The van der Waals surface area contributed by atoms with Gasteiger partial charge in [-0.2, -0.15) is 0 Å². The first kappa shape index (κ1) is 16.0. The molecule has 1 aliphatic rings. The number of aliphatic carboxylic acids is 1. The van der Waals surface area contributed by atoms with E-state index < -0.39 is 12.0 Å². The summed E-state index contributed by atoms with van der Waals surface area (Å²) in [4.78, 5) is 25.2. The van der Waals surface area contributed by atoms with Crippen LogP contribution in [0.15, 0.2) is 36.4 Å². The summed E-state index contributed by atoms with van der Waals surface area (Å²) in [6.45, 7) is 2.77. The minimum absolute atomic E-state index is 0.497. The summed E-state index contributed by atoms with van der Waals surface area (Å²) in [5.41, 5.74) is 1.15. The van der Waals surface area contributed by atoms with E-state index in [9.17, 15) is 9.90 Å². The molecule has 1 unspecified atom stereocenters. The molecular weight excluding hydrogens is 334 g/mol. The van der Waals surface area contributed by atoms with Crippen LogP contribution in [0.4, 0.5) is 5.82 Å². The summed E-state index contributed by atoms with van der Waals surface area (Å²) in [6, 6.07) is 11.7. The molecule has 128 valence electrons. The SMILES string of the molecule is Cc1cc2c(N3CCCC3C(=O)O)nc(Cc3ccccc3)nc2s1. The standard InChI is InChI=1S/C19H19N3O2S/c1-12-10-14-17(22-9-5-8-15(22)19(23)24)20-16(21-18(14)25-12)11-13-6-3-2-4-7-13/h2-4,6-7,10,15H,5,8-9,11H2,1H3,(H,23,24). The zero-order valence-electron chi connectivity index (χ0n) is 14.0. The predicted molar refractivity (Wildman–Crippen MR) is 99.4 cm³/mol. The van der Waals surface area contributed by atoms with Crippen molar-refractivity contribution in [3.8, 4) is 0 Å². The number of thiophene rings is 1. The van der Waals surface area contributed by atoms with Crippen molar-refractivity contribution in [1.29, 1.82) is 0 Å². The number of hydrogen-bond donors (Lipinski definition) is 1. The first-order valence-corrected chi connectivity index (χ1v) is 9.24. The molecule has 1 saturated heterocycles. The molecule has 2 aromatic heterocycles. The van der Waals surface area contributed by atoms with Crippen LogP contribution in [0.1, 0.15) is 29.1 Å². The normalized spacial score (nSPS) is 17.3. The lowest BCUT2D eigenvalue weighted by Gasteiger charge is -2.23. The molecule has 0 amide bonds. The third-order valence-corrected chi connectivity index (χ3v) is 5.50. The number of aromatic nitrogens is 2. The van der Waals surface area contributed by atoms with Crippen molar-refractivity contribution < 1.29 is 9.90 Å². The molecule has 0 aliphatic carbocycles. The Hall–Kier alpha value is -2.47. The fraction of sp³-hybridized carbons (Fsp3) is 0.316. The van der Waals surface area contributed by atoms with Gasteiger partial charge in [-0.3, -0.25) is 0 Å². The summed E-state index contributed by atoms with van der Waals surface area (Å²) in [5.74, 6) is 0.734. The Labute approximate surface area is 150 Å². The van der Waals surface area contributed by atoms with E-state index in [1.54, 1.807) is 11.3 Å². The van der Waals surface area contributed by atoms with Gasteiger partial charge in [-0.15, -0.1) is 11.3 Å². The van der Waals surface area contributed by atoms with Gasteiger partial charge in [0.25, 0.3) is 0 Å². The molecule has 25 heavy (non-hydrogen) atoms. The van der Waals surface area contributed by atoms with Crippen LogP contribution in [0.3, 0.4) is 0 Å². The fourth-order valence-electron chi connectivity index (χ4n) is 3.42. The van der Waals surface area contributed by atoms with E-state index >= 15 is 0 Å². The lowest BCUT2D eigenvalue weighted by molar-refractivity contribution is -0.138. The number of hydrogen-bond acceptors (Lipinski definition) is 5. The Balaban J connectivity index is 1.80. The second kappa shape index (κ2) is 6.44. The Morgan fingerprint density at radius 3 is 2.88 bits per heavy atom. The highest BCUT2D eigenvalue weighted by Gasteiger charge is 2.33. The quantitative estimate of drug-likeness (QED) is 0.776. The number of anilines is 1. The zero-order chi connectivity index (χ0) is 17.4. The van der Waals surface area contributed by atoms with Crippen molar-refractivity contribution in [3.63, 3.8) is 0 Å². The summed E-state index contributed by atoms with van der Waals surface area (Å²) < 4.78 is 0. The molecule has 0 bridgehead atoms. The molecule has 0 saturated carbocycles. The molecule has 1 atom stereocenters. The van der Waals surface area contributed by atoms with Gasteiger partial charge in [-0.1, -0.05) is 30.3 Å². The van der Waals surface area contributed by atoms with Crippen molar-refractivity contribution in [2.24, 2.45) is 0 Å². The fourth-order valence-corrected chi connectivity index (χ4v) is 4.32. The number of aryl methyl sites for hydroxylation is 1. The van der Waals surface area contributed by atoms with Crippen LogP contribution < -0.4 is 4.90 Å². The summed E-state index contributed by atoms with van der Waals surface area (Å²) in [7, 11) is 0. The highest BCUT2D eigenvalue weighted by Crippen LogP contribution is 2.34. The molecule has 4 rings (SSSR count). The number of carboxylic acids is 1. The monoisotopic (exact) mass is 353 g/mol. The van der Waals surface area contributed by atoms with Gasteiger partial charge in [0.15, 0.2) is 0 Å². The Kier molecular flexibility index (Phi) is 4.13. The minimum Gasteiger partial charge on any atom is -0.480 e. The van der Waals surface area contributed by atoms with Crippen molar-refractivity contribution >= 4 is 33.3 Å². The van der Waals surface area contributed by atoms with E-state index in [4.69, 9.17) is 9.97 Å². The topological polar surface area (TPSA) is 66.3 Å². The van der Waals surface area contributed by atoms with Gasteiger partial charge in [0.05, 0.1) is 5.39 Å². The highest BCUT2D eigenvalue weighted by molar-refractivity contribution is 7.18. The molecule has 1 N–H and O–H groups in total. The molecule has 6 heteroatoms. The van der Waals surface area contributed by atoms with E-state index in [1.807, 2.05) is 30.0 Å². The maximum Gasteiger partial charge on any atom is 0.326 e. The van der Waals surface area contributed by atoms with Crippen LogP contribution in [0, 0.1) is 6.92 Å². The second-order valence-electron chi connectivity index (χ2n) is 6.39. The van der Waals surface area contributed by atoms with E-state index in [0.717, 1.165) is 45.3 Å². The van der Waals surface area contributed by atoms with Crippen LogP contribution in [0.25, 0.3) is 10.2 Å². The van der Waals surface area contributed by atoms with Crippen LogP contribution in [-0.2, 0) is 11.2 Å². The maximum absolute atomic E-state index is 11.6. The van der Waals surface area contributed by atoms with Crippen molar-refractivity contribution in [2.45, 2.75) is 32.2 Å². The van der Waals surface area contributed by atoms with Gasteiger partial charge < -0.3 is 10.0 Å². The first-order chi connectivity index (χ1) is 12.1. The predicted octanol–water partition coefficient (Wildman–Crippen LogP) is 3.64. The van der Waals surface area contributed by atoms with Crippen LogP contribution in [0.2, 0.25) is 0 Å². The third-order valence-electron chi connectivity index (χ3n) is 4.56. The maximum atomic E-state index is 11.6. The van der Waals surface area contributed by atoms with Crippen molar-refractivity contribution in [3.05, 3.63) is 52.7 Å². The van der Waals surface area contributed by atoms with Crippen LogP contribution in [0.5, 0.6) is 0 Å². The Morgan fingerprint density at radius 2 is 2.12 bits per heavy atom. The lowest BCUT2D eigenvalue weighted by Crippen LogP contribution is -2.36. The van der Waals surface area contributed by atoms with Gasteiger partial charge in [0, 0.05) is 17.8 Å². The number of fused-ring (bicyclic) bond motifs is 1. The molecule has 3 aromatic rings. The summed E-state index contributed by atoms with van der Waals surface area (Å²) >= 11 is 1.63. The van der Waals surface area contributed by atoms with Gasteiger partial charge in [-0.25, -0.2) is 14.8 Å². The largest absolute Gasteiger partial charge is 0.480 e. The zero-order valence-corrected chi connectivity index (χ0v) is 14.8. The number of carbonyl (C=O) groups is 1. The molecule has 0 spiro atoms. The Bertz CT molecular complexity index is 923. The number of nitrogens with zero attached hydrogens (tertiary/aromatic N) is 3. The van der Waals surface area contributed by atoms with Crippen molar-refractivity contribution in [1.82, 2.24) is 9.97 Å². The molecular formula is C19H19N3O2S. The lowest BCUT2D eigenvalue weighted by atomic mass is 10.1. The van der Waals surface area contributed by atoms with Gasteiger partial charge in [-0.05, 0) is 31.4 Å². The molecule has 5 nitrogen and oxygen atoms in total. The number of rotatable bonds is 4. The molecule has 1 fully saturated rings.